The Balaban J connectivity index is 2.46. The highest BCUT2D eigenvalue weighted by molar-refractivity contribution is 5.77. The van der Waals surface area contributed by atoms with Gasteiger partial charge in [0.1, 0.15) is 12.2 Å². The van der Waals surface area contributed by atoms with Gasteiger partial charge in [-0.05, 0) is 20.3 Å². The highest BCUT2D eigenvalue weighted by atomic mass is 16.4. The van der Waals surface area contributed by atoms with Crippen molar-refractivity contribution in [3.05, 3.63) is 12.2 Å². The largest absolute Gasteiger partial charge is 0.481 e. The third kappa shape index (κ3) is 3.94. The van der Waals surface area contributed by atoms with Gasteiger partial charge in [0.15, 0.2) is 0 Å². The first-order valence-electron chi connectivity index (χ1n) is 6.02. The summed E-state index contributed by atoms with van der Waals surface area (Å²) in [6, 6.07) is -0.773. The van der Waals surface area contributed by atoms with Crippen LogP contribution in [0.2, 0.25) is 0 Å². The Bertz CT molecular complexity index is 434. The van der Waals surface area contributed by atoms with Crippen molar-refractivity contribution in [2.75, 3.05) is 6.54 Å². The van der Waals surface area contributed by atoms with Gasteiger partial charge in [-0.25, -0.2) is 9.78 Å². The number of urea groups is 1. The second kappa shape index (κ2) is 6.17. The van der Waals surface area contributed by atoms with E-state index in [0.717, 1.165) is 0 Å². The molecule has 0 saturated carbocycles. The Morgan fingerprint density at radius 1 is 1.58 bits per heavy atom. The van der Waals surface area contributed by atoms with Gasteiger partial charge < -0.3 is 15.7 Å². The molecule has 106 valence electrons. The molecule has 0 aliphatic carbocycles. The fourth-order valence-corrected chi connectivity index (χ4v) is 1.37. The van der Waals surface area contributed by atoms with Gasteiger partial charge in [0.25, 0.3) is 0 Å². The predicted molar refractivity (Wildman–Crippen MR) is 67.4 cm³/mol. The molecule has 4 N–H and O–H groups in total. The lowest BCUT2D eigenvalue weighted by Crippen LogP contribution is -2.45. The lowest BCUT2D eigenvalue weighted by atomic mass is 9.88. The molecule has 2 atom stereocenters. The number of amides is 2. The highest BCUT2D eigenvalue weighted by Crippen LogP contribution is 2.19. The summed E-state index contributed by atoms with van der Waals surface area (Å²) >= 11 is 0. The molecule has 0 spiro atoms. The summed E-state index contributed by atoms with van der Waals surface area (Å²) in [6.07, 6.45) is 1.78. The topological polar surface area (TPSA) is 120 Å². The summed E-state index contributed by atoms with van der Waals surface area (Å²) in [5, 5.41) is 20.6. The molecule has 0 fully saturated rings. The molecule has 1 aromatic rings. The fourth-order valence-electron chi connectivity index (χ4n) is 1.37. The number of nitrogens with one attached hydrogen (secondary N) is 3. The number of carboxylic acids is 1. The van der Waals surface area contributed by atoms with Crippen molar-refractivity contribution in [3.8, 4) is 0 Å². The zero-order valence-corrected chi connectivity index (χ0v) is 11.2. The van der Waals surface area contributed by atoms with Gasteiger partial charge in [0.05, 0.1) is 11.5 Å². The highest BCUT2D eigenvalue weighted by Gasteiger charge is 2.31. The van der Waals surface area contributed by atoms with E-state index >= 15 is 0 Å². The third-order valence-corrected chi connectivity index (χ3v) is 3.13. The number of hydrogen-bond acceptors (Lipinski definition) is 4. The van der Waals surface area contributed by atoms with Crippen LogP contribution < -0.4 is 10.6 Å². The molecule has 0 aliphatic heterocycles. The first-order valence-corrected chi connectivity index (χ1v) is 6.02. The van der Waals surface area contributed by atoms with Crippen LogP contribution in [0, 0.1) is 5.41 Å². The van der Waals surface area contributed by atoms with Crippen LogP contribution in [0.1, 0.15) is 39.1 Å². The fraction of sp³-hybridized carbons (Fsp3) is 0.636. The number of hydrogen-bond donors (Lipinski definition) is 4. The number of carbonyl (C=O) groups is 2. The van der Waals surface area contributed by atoms with E-state index in [2.05, 4.69) is 25.8 Å². The molecule has 0 bridgehead atoms. The predicted octanol–water partition coefficient (Wildman–Crippen LogP) is 0.666. The van der Waals surface area contributed by atoms with Crippen LogP contribution in [-0.2, 0) is 4.79 Å². The van der Waals surface area contributed by atoms with E-state index in [0.29, 0.717) is 12.2 Å². The van der Waals surface area contributed by atoms with Crippen molar-refractivity contribution in [2.24, 2.45) is 5.41 Å². The summed E-state index contributed by atoms with van der Waals surface area (Å²) in [4.78, 5) is 26.7. The van der Waals surface area contributed by atoms with Crippen molar-refractivity contribution in [1.82, 2.24) is 25.8 Å². The van der Waals surface area contributed by atoms with E-state index in [4.69, 9.17) is 5.11 Å². The molecule has 0 radical (unpaired) electrons. The molecule has 0 aliphatic rings. The maximum absolute atomic E-state index is 11.7. The van der Waals surface area contributed by atoms with Crippen molar-refractivity contribution < 1.29 is 14.7 Å². The van der Waals surface area contributed by atoms with Crippen LogP contribution in [0.3, 0.4) is 0 Å². The quantitative estimate of drug-likeness (QED) is 0.605. The number of carboxylic acid groups (broad SMARTS) is 1. The van der Waals surface area contributed by atoms with Crippen LogP contribution >= 0.6 is 0 Å². The zero-order valence-electron chi connectivity index (χ0n) is 11.2. The van der Waals surface area contributed by atoms with E-state index < -0.39 is 17.4 Å². The van der Waals surface area contributed by atoms with E-state index in [1.54, 1.807) is 20.8 Å². The smallest absolute Gasteiger partial charge is 0.315 e. The summed E-state index contributed by atoms with van der Waals surface area (Å²) in [5.74, 6) is -0.398. The molecular weight excluding hydrogens is 250 g/mol. The number of rotatable bonds is 6. The van der Waals surface area contributed by atoms with Gasteiger partial charge in [0, 0.05) is 6.54 Å². The molecule has 0 saturated heterocycles. The maximum Gasteiger partial charge on any atom is 0.315 e. The SMILES string of the molecule is CCC(C)(CNC(=O)NC(C)c1ncn[nH]1)C(=O)O. The van der Waals surface area contributed by atoms with Gasteiger partial charge in [-0.1, -0.05) is 6.92 Å². The van der Waals surface area contributed by atoms with Crippen LogP contribution in [0.5, 0.6) is 0 Å². The zero-order chi connectivity index (χ0) is 14.5. The summed E-state index contributed by atoms with van der Waals surface area (Å²) in [6.45, 7) is 5.17. The molecular formula is C11H19N5O3. The second-order valence-electron chi connectivity index (χ2n) is 4.64. The Hall–Kier alpha value is -2.12. The average Bonchev–Trinajstić information content (AvgIpc) is 2.89. The number of aromatic amines is 1. The minimum absolute atomic E-state index is 0.0633. The van der Waals surface area contributed by atoms with Crippen LogP contribution in [-0.4, -0.2) is 38.8 Å². The van der Waals surface area contributed by atoms with Crippen molar-refractivity contribution in [1.29, 1.82) is 0 Å². The van der Waals surface area contributed by atoms with Gasteiger partial charge in [-0.15, -0.1) is 0 Å². The molecule has 19 heavy (non-hydrogen) atoms. The lowest BCUT2D eigenvalue weighted by molar-refractivity contribution is -0.147. The lowest BCUT2D eigenvalue weighted by Gasteiger charge is -2.23. The number of nitrogens with zero attached hydrogens (tertiary/aromatic N) is 2. The summed E-state index contributed by atoms with van der Waals surface area (Å²) < 4.78 is 0. The van der Waals surface area contributed by atoms with Crippen molar-refractivity contribution >= 4 is 12.0 Å². The number of aromatic nitrogens is 3. The molecule has 1 heterocycles. The Labute approximate surface area is 111 Å². The molecule has 2 amide bonds. The molecule has 1 aromatic heterocycles. The van der Waals surface area contributed by atoms with Gasteiger partial charge in [-0.3, -0.25) is 9.89 Å². The molecule has 2 unspecified atom stereocenters. The van der Waals surface area contributed by atoms with E-state index in [-0.39, 0.29) is 12.6 Å². The standard InChI is InChI=1S/C11H19N5O3/c1-4-11(3,9(17)18)5-12-10(19)15-7(2)8-13-6-14-16-8/h6-7H,4-5H2,1-3H3,(H,17,18)(H2,12,15,19)(H,13,14,16). The van der Waals surface area contributed by atoms with Crippen molar-refractivity contribution in [2.45, 2.75) is 33.2 Å². The first kappa shape index (κ1) is 14.9. The van der Waals surface area contributed by atoms with E-state index in [1.165, 1.54) is 6.33 Å². The van der Waals surface area contributed by atoms with Gasteiger partial charge >= 0.3 is 12.0 Å². The summed E-state index contributed by atoms with van der Waals surface area (Å²) in [7, 11) is 0. The molecule has 8 heteroatoms. The number of aliphatic carboxylic acids is 1. The van der Waals surface area contributed by atoms with Crippen LogP contribution in [0.25, 0.3) is 0 Å². The van der Waals surface area contributed by atoms with Gasteiger partial charge in [-0.2, -0.15) is 5.10 Å². The minimum Gasteiger partial charge on any atom is -0.481 e. The van der Waals surface area contributed by atoms with Crippen LogP contribution in [0.4, 0.5) is 4.79 Å². The second-order valence-corrected chi connectivity index (χ2v) is 4.64. The Kier molecular flexibility index (Phi) is 4.85. The monoisotopic (exact) mass is 269 g/mol. The van der Waals surface area contributed by atoms with Crippen LogP contribution in [0.15, 0.2) is 6.33 Å². The summed E-state index contributed by atoms with van der Waals surface area (Å²) in [5.41, 5.74) is -0.965. The van der Waals surface area contributed by atoms with Gasteiger partial charge in [0.2, 0.25) is 0 Å². The minimum atomic E-state index is -0.965. The Morgan fingerprint density at radius 3 is 2.74 bits per heavy atom. The maximum atomic E-state index is 11.7. The normalized spacial score (nSPS) is 15.3. The molecule has 0 aromatic carbocycles. The number of carbonyl (C=O) groups excluding carboxylic acids is 1. The molecule has 8 nitrogen and oxygen atoms in total. The average molecular weight is 269 g/mol. The Morgan fingerprint density at radius 2 is 2.26 bits per heavy atom. The molecule has 1 rings (SSSR count). The van der Waals surface area contributed by atoms with E-state index in [1.807, 2.05) is 0 Å². The third-order valence-electron chi connectivity index (χ3n) is 3.13. The first-order chi connectivity index (χ1) is 8.89. The van der Waals surface area contributed by atoms with Crippen molar-refractivity contribution in [3.63, 3.8) is 0 Å². The number of H-pyrrole nitrogens is 1. The van der Waals surface area contributed by atoms with E-state index in [9.17, 15) is 9.59 Å².